The highest BCUT2D eigenvalue weighted by atomic mass is 16.2. The maximum absolute atomic E-state index is 12.4. The van der Waals surface area contributed by atoms with Crippen LogP contribution in [0.25, 0.3) is 0 Å². The van der Waals surface area contributed by atoms with E-state index in [0.29, 0.717) is 17.5 Å². The third-order valence-corrected chi connectivity index (χ3v) is 4.11. The van der Waals surface area contributed by atoms with Gasteiger partial charge in [0.1, 0.15) is 0 Å². The van der Waals surface area contributed by atoms with Gasteiger partial charge in [-0.05, 0) is 37.4 Å². The summed E-state index contributed by atoms with van der Waals surface area (Å²) in [5, 5.41) is 3.62. The van der Waals surface area contributed by atoms with Crippen LogP contribution in [0.2, 0.25) is 0 Å². The number of hydrogen-bond donors (Lipinski definition) is 1. The van der Waals surface area contributed by atoms with E-state index in [9.17, 15) is 4.79 Å². The molecule has 1 aromatic heterocycles. The number of hydrogen-bond acceptors (Lipinski definition) is 3. The number of nitrogens with zero attached hydrogens (tertiary/aromatic N) is 2. The van der Waals surface area contributed by atoms with E-state index >= 15 is 0 Å². The predicted octanol–water partition coefficient (Wildman–Crippen LogP) is 2.32. The predicted molar refractivity (Wildman–Crippen MR) is 80.6 cm³/mol. The molecule has 1 aliphatic heterocycles. The SMILES string of the molecule is CCCNC1CCN(C(=O)c2cccnc2)CC1CC. The smallest absolute Gasteiger partial charge is 0.255 e. The van der Waals surface area contributed by atoms with Crippen LogP contribution in [0.3, 0.4) is 0 Å². The molecule has 0 saturated carbocycles. The Bertz CT molecular complexity index is 421. The molecule has 2 atom stereocenters. The summed E-state index contributed by atoms with van der Waals surface area (Å²) in [5.74, 6) is 0.668. The summed E-state index contributed by atoms with van der Waals surface area (Å²) in [7, 11) is 0. The second kappa shape index (κ2) is 7.39. The number of likely N-dealkylation sites (tertiary alicyclic amines) is 1. The van der Waals surface area contributed by atoms with E-state index < -0.39 is 0 Å². The van der Waals surface area contributed by atoms with Crippen LogP contribution in [0.4, 0.5) is 0 Å². The Morgan fingerprint density at radius 1 is 1.50 bits per heavy atom. The van der Waals surface area contributed by atoms with Crippen molar-refractivity contribution in [3.63, 3.8) is 0 Å². The zero-order chi connectivity index (χ0) is 14.4. The molecule has 1 aromatic rings. The molecule has 0 aliphatic carbocycles. The van der Waals surface area contributed by atoms with Gasteiger partial charge >= 0.3 is 0 Å². The fourth-order valence-electron chi connectivity index (χ4n) is 2.90. The van der Waals surface area contributed by atoms with Crippen LogP contribution in [0.15, 0.2) is 24.5 Å². The number of carbonyl (C=O) groups excluding carboxylic acids is 1. The van der Waals surface area contributed by atoms with Crippen molar-refractivity contribution >= 4 is 5.91 Å². The third-order valence-electron chi connectivity index (χ3n) is 4.11. The standard InChI is InChI=1S/C16H25N3O/c1-3-8-18-15-7-10-19(12-13(15)4-2)16(20)14-6-5-9-17-11-14/h5-6,9,11,13,15,18H,3-4,7-8,10,12H2,1-2H3. The summed E-state index contributed by atoms with van der Waals surface area (Å²) < 4.78 is 0. The lowest BCUT2D eigenvalue weighted by molar-refractivity contribution is 0.0626. The van der Waals surface area contributed by atoms with E-state index in [1.807, 2.05) is 17.0 Å². The molecule has 4 nitrogen and oxygen atoms in total. The highest BCUT2D eigenvalue weighted by Gasteiger charge is 2.30. The first-order valence-corrected chi connectivity index (χ1v) is 7.69. The van der Waals surface area contributed by atoms with Crippen LogP contribution < -0.4 is 5.32 Å². The van der Waals surface area contributed by atoms with E-state index in [2.05, 4.69) is 24.1 Å². The number of carbonyl (C=O) groups is 1. The summed E-state index contributed by atoms with van der Waals surface area (Å²) in [6.07, 6.45) is 6.67. The zero-order valence-electron chi connectivity index (χ0n) is 12.5. The molecule has 2 rings (SSSR count). The van der Waals surface area contributed by atoms with Gasteiger partial charge in [0, 0.05) is 31.5 Å². The minimum Gasteiger partial charge on any atom is -0.338 e. The van der Waals surface area contributed by atoms with Crippen LogP contribution in [0, 0.1) is 5.92 Å². The Morgan fingerprint density at radius 3 is 3.00 bits per heavy atom. The molecule has 1 amide bonds. The van der Waals surface area contributed by atoms with Crippen molar-refractivity contribution in [2.75, 3.05) is 19.6 Å². The van der Waals surface area contributed by atoms with Gasteiger partial charge in [0.25, 0.3) is 5.91 Å². The van der Waals surface area contributed by atoms with Crippen molar-refractivity contribution in [3.05, 3.63) is 30.1 Å². The average molecular weight is 275 g/mol. The van der Waals surface area contributed by atoms with E-state index in [4.69, 9.17) is 0 Å². The number of amides is 1. The van der Waals surface area contributed by atoms with Gasteiger partial charge in [-0.3, -0.25) is 9.78 Å². The lowest BCUT2D eigenvalue weighted by Crippen LogP contribution is -2.51. The molecule has 0 aromatic carbocycles. The van der Waals surface area contributed by atoms with Gasteiger partial charge in [0.05, 0.1) is 5.56 Å². The monoisotopic (exact) mass is 275 g/mol. The van der Waals surface area contributed by atoms with E-state index in [0.717, 1.165) is 38.9 Å². The number of nitrogens with one attached hydrogen (secondary N) is 1. The molecular formula is C16H25N3O. The van der Waals surface area contributed by atoms with E-state index in [-0.39, 0.29) is 5.91 Å². The quantitative estimate of drug-likeness (QED) is 0.897. The maximum Gasteiger partial charge on any atom is 0.255 e. The molecule has 0 spiro atoms. The second-order valence-electron chi connectivity index (χ2n) is 5.51. The summed E-state index contributed by atoms with van der Waals surface area (Å²) >= 11 is 0. The normalized spacial score (nSPS) is 22.8. The van der Waals surface area contributed by atoms with Gasteiger partial charge in [-0.15, -0.1) is 0 Å². The van der Waals surface area contributed by atoms with Crippen LogP contribution >= 0.6 is 0 Å². The molecule has 1 N–H and O–H groups in total. The van der Waals surface area contributed by atoms with Crippen molar-refractivity contribution in [2.24, 2.45) is 5.92 Å². The van der Waals surface area contributed by atoms with Crippen LogP contribution in [0.5, 0.6) is 0 Å². The maximum atomic E-state index is 12.4. The Kier molecular flexibility index (Phi) is 5.53. The lowest BCUT2D eigenvalue weighted by atomic mass is 9.89. The lowest BCUT2D eigenvalue weighted by Gasteiger charge is -2.38. The summed E-state index contributed by atoms with van der Waals surface area (Å²) in [5.41, 5.74) is 0.697. The van der Waals surface area contributed by atoms with E-state index in [1.165, 1.54) is 0 Å². The Balaban J connectivity index is 1.97. The third kappa shape index (κ3) is 3.57. The summed E-state index contributed by atoms with van der Waals surface area (Å²) in [4.78, 5) is 18.5. The molecule has 2 unspecified atom stereocenters. The van der Waals surface area contributed by atoms with Gasteiger partial charge in [0.15, 0.2) is 0 Å². The van der Waals surface area contributed by atoms with Crippen molar-refractivity contribution in [3.8, 4) is 0 Å². The molecule has 0 radical (unpaired) electrons. The van der Waals surface area contributed by atoms with Crippen molar-refractivity contribution in [1.82, 2.24) is 15.2 Å². The first kappa shape index (κ1) is 15.0. The summed E-state index contributed by atoms with van der Waals surface area (Å²) in [6.45, 7) is 7.16. The average Bonchev–Trinajstić information content (AvgIpc) is 2.52. The molecule has 1 fully saturated rings. The molecule has 1 aliphatic rings. The fourth-order valence-corrected chi connectivity index (χ4v) is 2.90. The van der Waals surface area contributed by atoms with Gasteiger partial charge < -0.3 is 10.2 Å². The molecular weight excluding hydrogens is 250 g/mol. The van der Waals surface area contributed by atoms with Gasteiger partial charge in [-0.1, -0.05) is 20.3 Å². The number of aromatic nitrogens is 1. The number of rotatable bonds is 5. The first-order chi connectivity index (χ1) is 9.76. The Morgan fingerprint density at radius 2 is 2.35 bits per heavy atom. The topological polar surface area (TPSA) is 45.2 Å². The fraction of sp³-hybridized carbons (Fsp3) is 0.625. The second-order valence-corrected chi connectivity index (χ2v) is 5.51. The van der Waals surface area contributed by atoms with Crippen molar-refractivity contribution in [2.45, 2.75) is 39.2 Å². The van der Waals surface area contributed by atoms with Crippen LogP contribution in [-0.2, 0) is 0 Å². The Labute approximate surface area is 121 Å². The highest BCUT2D eigenvalue weighted by Crippen LogP contribution is 2.21. The summed E-state index contributed by atoms with van der Waals surface area (Å²) in [6, 6.07) is 4.22. The van der Waals surface area contributed by atoms with Crippen molar-refractivity contribution < 1.29 is 4.79 Å². The van der Waals surface area contributed by atoms with Gasteiger partial charge in [-0.25, -0.2) is 0 Å². The van der Waals surface area contributed by atoms with Crippen LogP contribution in [0.1, 0.15) is 43.5 Å². The largest absolute Gasteiger partial charge is 0.338 e. The molecule has 4 heteroatoms. The zero-order valence-corrected chi connectivity index (χ0v) is 12.5. The minimum absolute atomic E-state index is 0.116. The molecule has 2 heterocycles. The number of piperidine rings is 1. The molecule has 20 heavy (non-hydrogen) atoms. The first-order valence-electron chi connectivity index (χ1n) is 7.69. The van der Waals surface area contributed by atoms with Gasteiger partial charge in [0.2, 0.25) is 0 Å². The van der Waals surface area contributed by atoms with Gasteiger partial charge in [-0.2, -0.15) is 0 Å². The van der Waals surface area contributed by atoms with Crippen molar-refractivity contribution in [1.29, 1.82) is 0 Å². The highest BCUT2D eigenvalue weighted by molar-refractivity contribution is 5.93. The number of pyridine rings is 1. The molecule has 1 saturated heterocycles. The Hall–Kier alpha value is -1.42. The minimum atomic E-state index is 0.116. The molecule has 110 valence electrons. The van der Waals surface area contributed by atoms with E-state index in [1.54, 1.807) is 12.4 Å². The van der Waals surface area contributed by atoms with Crippen LogP contribution in [-0.4, -0.2) is 41.5 Å². The molecule has 0 bridgehead atoms.